The number of rotatable bonds is 6. The van der Waals surface area contributed by atoms with Crippen molar-refractivity contribution < 1.29 is 0 Å². The van der Waals surface area contributed by atoms with Gasteiger partial charge in [-0.15, -0.1) is 0 Å². The van der Waals surface area contributed by atoms with Gasteiger partial charge in [-0.2, -0.15) is 0 Å². The molecule has 1 saturated heterocycles. The van der Waals surface area contributed by atoms with Crippen LogP contribution in [0.3, 0.4) is 0 Å². The molecule has 0 radical (unpaired) electrons. The third-order valence-corrected chi connectivity index (χ3v) is 4.61. The zero-order chi connectivity index (χ0) is 14.4. The number of benzene rings is 1. The molecule has 1 aliphatic rings. The maximum Gasteiger partial charge on any atom is 0.0343 e. The maximum atomic E-state index is 3.66. The smallest absolute Gasteiger partial charge is 0.0343 e. The Morgan fingerprint density at radius 1 is 1.20 bits per heavy atom. The van der Waals surface area contributed by atoms with Crippen molar-refractivity contribution in [2.75, 3.05) is 20.1 Å². The summed E-state index contributed by atoms with van der Waals surface area (Å²) in [5.74, 6) is 0. The van der Waals surface area contributed by atoms with Gasteiger partial charge in [0, 0.05) is 18.6 Å². The summed E-state index contributed by atoms with van der Waals surface area (Å²) in [6, 6.07) is 10.4. The fraction of sp³-hybridized carbons (Fsp3) is 0.667. The minimum absolute atomic E-state index is 0.546. The SMILES string of the molecule is CCc1ccc(C(CC)N(C)CC2CCCCN2)cc1. The van der Waals surface area contributed by atoms with Gasteiger partial charge in [0.25, 0.3) is 0 Å². The first kappa shape index (κ1) is 15.5. The molecule has 0 amide bonds. The highest BCUT2D eigenvalue weighted by Crippen LogP contribution is 2.24. The minimum Gasteiger partial charge on any atom is -0.313 e. The summed E-state index contributed by atoms with van der Waals surface area (Å²) >= 11 is 0. The van der Waals surface area contributed by atoms with E-state index in [0.717, 1.165) is 13.0 Å². The van der Waals surface area contributed by atoms with Crippen LogP contribution in [0.25, 0.3) is 0 Å². The molecule has 112 valence electrons. The molecular weight excluding hydrogens is 244 g/mol. The zero-order valence-corrected chi connectivity index (χ0v) is 13.4. The van der Waals surface area contributed by atoms with E-state index < -0.39 is 0 Å². The molecule has 1 heterocycles. The largest absolute Gasteiger partial charge is 0.313 e. The summed E-state index contributed by atoms with van der Waals surface area (Å²) in [5.41, 5.74) is 2.89. The van der Waals surface area contributed by atoms with E-state index in [1.165, 1.54) is 43.4 Å². The van der Waals surface area contributed by atoms with Gasteiger partial charge >= 0.3 is 0 Å². The lowest BCUT2D eigenvalue weighted by Crippen LogP contribution is -2.43. The molecule has 2 heteroatoms. The lowest BCUT2D eigenvalue weighted by atomic mass is 9.99. The molecule has 0 spiro atoms. The monoisotopic (exact) mass is 274 g/mol. The number of hydrogen-bond donors (Lipinski definition) is 1. The highest BCUT2D eigenvalue weighted by Gasteiger charge is 2.20. The van der Waals surface area contributed by atoms with Crippen LogP contribution in [0.4, 0.5) is 0 Å². The van der Waals surface area contributed by atoms with Crippen LogP contribution in [0.15, 0.2) is 24.3 Å². The average Bonchev–Trinajstić information content (AvgIpc) is 2.49. The second kappa shape index (κ2) is 7.80. The molecule has 0 aliphatic carbocycles. The third-order valence-electron chi connectivity index (χ3n) is 4.61. The van der Waals surface area contributed by atoms with E-state index in [1.54, 1.807) is 0 Å². The molecule has 1 aliphatic heterocycles. The Bertz CT molecular complexity index is 379. The Morgan fingerprint density at radius 2 is 1.95 bits per heavy atom. The number of likely N-dealkylation sites (N-methyl/N-ethyl adjacent to an activating group) is 1. The van der Waals surface area contributed by atoms with Crippen molar-refractivity contribution in [1.29, 1.82) is 0 Å². The van der Waals surface area contributed by atoms with Crippen LogP contribution in [0.2, 0.25) is 0 Å². The molecule has 2 unspecified atom stereocenters. The van der Waals surface area contributed by atoms with Gasteiger partial charge in [-0.05, 0) is 50.4 Å². The number of nitrogens with zero attached hydrogens (tertiary/aromatic N) is 1. The van der Waals surface area contributed by atoms with E-state index in [2.05, 4.69) is 55.4 Å². The van der Waals surface area contributed by atoms with Crippen molar-refractivity contribution in [1.82, 2.24) is 10.2 Å². The van der Waals surface area contributed by atoms with Crippen LogP contribution in [0, 0.1) is 0 Å². The molecule has 0 aromatic heterocycles. The van der Waals surface area contributed by atoms with Crippen LogP contribution in [0.1, 0.15) is 56.7 Å². The fourth-order valence-corrected chi connectivity index (χ4v) is 3.33. The van der Waals surface area contributed by atoms with Gasteiger partial charge < -0.3 is 5.32 Å². The lowest BCUT2D eigenvalue weighted by molar-refractivity contribution is 0.199. The molecule has 0 saturated carbocycles. The summed E-state index contributed by atoms with van der Waals surface area (Å²) in [7, 11) is 2.28. The lowest BCUT2D eigenvalue weighted by Gasteiger charge is -2.33. The van der Waals surface area contributed by atoms with Crippen molar-refractivity contribution in [3.05, 3.63) is 35.4 Å². The summed E-state index contributed by atoms with van der Waals surface area (Å²) in [6.07, 6.45) is 6.35. The molecule has 1 aromatic rings. The van der Waals surface area contributed by atoms with Crippen molar-refractivity contribution in [3.8, 4) is 0 Å². The van der Waals surface area contributed by atoms with Gasteiger partial charge in [-0.1, -0.05) is 44.5 Å². The molecule has 1 aromatic carbocycles. The van der Waals surface area contributed by atoms with Gasteiger partial charge in [0.15, 0.2) is 0 Å². The molecule has 20 heavy (non-hydrogen) atoms. The highest BCUT2D eigenvalue weighted by molar-refractivity contribution is 5.25. The highest BCUT2D eigenvalue weighted by atomic mass is 15.2. The Morgan fingerprint density at radius 3 is 2.50 bits per heavy atom. The van der Waals surface area contributed by atoms with E-state index in [1.807, 2.05) is 0 Å². The average molecular weight is 274 g/mol. The van der Waals surface area contributed by atoms with Crippen molar-refractivity contribution in [3.63, 3.8) is 0 Å². The molecule has 2 rings (SSSR count). The van der Waals surface area contributed by atoms with Gasteiger partial charge in [0.2, 0.25) is 0 Å². The normalized spacial score (nSPS) is 21.1. The molecular formula is C18H30N2. The summed E-state index contributed by atoms with van der Waals surface area (Å²) in [6.45, 7) is 6.87. The Hall–Kier alpha value is -0.860. The standard InChI is InChI=1S/C18H30N2/c1-4-15-9-11-16(12-10-15)18(5-2)20(3)14-17-8-6-7-13-19-17/h9-12,17-19H,4-8,13-14H2,1-3H3. The van der Waals surface area contributed by atoms with E-state index in [4.69, 9.17) is 0 Å². The van der Waals surface area contributed by atoms with Gasteiger partial charge in [0.05, 0.1) is 0 Å². The van der Waals surface area contributed by atoms with E-state index >= 15 is 0 Å². The number of aryl methyl sites for hydroxylation is 1. The predicted octanol–water partition coefficient (Wildman–Crippen LogP) is 3.77. The summed E-state index contributed by atoms with van der Waals surface area (Å²) in [4.78, 5) is 2.53. The van der Waals surface area contributed by atoms with E-state index in [0.29, 0.717) is 12.1 Å². The second-order valence-corrected chi connectivity index (χ2v) is 6.11. The molecule has 2 atom stereocenters. The molecule has 0 bridgehead atoms. The first-order valence-electron chi connectivity index (χ1n) is 8.27. The van der Waals surface area contributed by atoms with Crippen LogP contribution in [0.5, 0.6) is 0 Å². The number of piperidine rings is 1. The topological polar surface area (TPSA) is 15.3 Å². The summed E-state index contributed by atoms with van der Waals surface area (Å²) < 4.78 is 0. The van der Waals surface area contributed by atoms with E-state index in [9.17, 15) is 0 Å². The third kappa shape index (κ3) is 4.07. The van der Waals surface area contributed by atoms with Crippen LogP contribution in [-0.2, 0) is 6.42 Å². The first-order chi connectivity index (χ1) is 9.74. The van der Waals surface area contributed by atoms with E-state index in [-0.39, 0.29) is 0 Å². The maximum absolute atomic E-state index is 3.66. The van der Waals surface area contributed by atoms with Crippen LogP contribution < -0.4 is 5.32 Å². The Kier molecular flexibility index (Phi) is 6.06. The number of hydrogen-bond acceptors (Lipinski definition) is 2. The van der Waals surface area contributed by atoms with Crippen LogP contribution in [-0.4, -0.2) is 31.1 Å². The Balaban J connectivity index is 1.98. The van der Waals surface area contributed by atoms with Crippen molar-refractivity contribution in [2.24, 2.45) is 0 Å². The molecule has 1 fully saturated rings. The minimum atomic E-state index is 0.546. The second-order valence-electron chi connectivity index (χ2n) is 6.11. The fourth-order valence-electron chi connectivity index (χ4n) is 3.33. The van der Waals surface area contributed by atoms with Gasteiger partial charge in [-0.3, -0.25) is 4.90 Å². The number of nitrogens with one attached hydrogen (secondary N) is 1. The van der Waals surface area contributed by atoms with Crippen molar-refractivity contribution in [2.45, 2.75) is 58.0 Å². The zero-order valence-electron chi connectivity index (χ0n) is 13.4. The molecule has 1 N–H and O–H groups in total. The first-order valence-corrected chi connectivity index (χ1v) is 8.27. The van der Waals surface area contributed by atoms with Crippen LogP contribution >= 0.6 is 0 Å². The Labute approximate surface area is 124 Å². The quantitative estimate of drug-likeness (QED) is 0.849. The molecule has 2 nitrogen and oxygen atoms in total. The predicted molar refractivity (Wildman–Crippen MR) is 87.1 cm³/mol. The van der Waals surface area contributed by atoms with Gasteiger partial charge in [0.1, 0.15) is 0 Å². The summed E-state index contributed by atoms with van der Waals surface area (Å²) in [5, 5.41) is 3.66. The van der Waals surface area contributed by atoms with Crippen molar-refractivity contribution >= 4 is 0 Å². The van der Waals surface area contributed by atoms with Gasteiger partial charge in [-0.25, -0.2) is 0 Å².